The largest absolute Gasteiger partial charge is 0.504 e. The first-order valence-corrected chi connectivity index (χ1v) is 9.00. The van der Waals surface area contributed by atoms with Crippen LogP contribution >= 0.6 is 0 Å². The summed E-state index contributed by atoms with van der Waals surface area (Å²) in [6.07, 6.45) is 4.57. The fourth-order valence-corrected chi connectivity index (χ4v) is 3.60. The molecule has 2 aliphatic heterocycles. The molecular formula is C19H17FN6O2. The van der Waals surface area contributed by atoms with E-state index in [9.17, 15) is 14.3 Å². The molecule has 0 spiro atoms. The van der Waals surface area contributed by atoms with Gasteiger partial charge >= 0.3 is 0 Å². The molecule has 0 aliphatic carbocycles. The highest BCUT2D eigenvalue weighted by Gasteiger charge is 2.34. The predicted octanol–water partition coefficient (Wildman–Crippen LogP) is 2.08. The maximum absolute atomic E-state index is 13.4. The molecule has 0 aromatic carbocycles. The molecule has 0 radical (unpaired) electrons. The second kappa shape index (κ2) is 6.29. The number of halogens is 1. The molecule has 1 amide bonds. The fourth-order valence-electron chi connectivity index (χ4n) is 3.60. The average Bonchev–Trinajstić information content (AvgIpc) is 3.39. The Labute approximate surface area is 159 Å². The Kier molecular flexibility index (Phi) is 3.75. The third-order valence-electron chi connectivity index (χ3n) is 5.05. The standard InChI is InChI=1S/C19H17FN6O2/c20-12-5-7-24(9-12)17-4-3-13(8-22-17)26-10-14-15(23-26)11-25(19(14)28)18-16(27)2-1-6-21-18/h1-4,6,8,10,12,27H,5,7,9,11H2/t12-/m0/s1. The Bertz CT molecular complexity index is 1050. The first kappa shape index (κ1) is 16.7. The molecule has 0 unspecified atom stereocenters. The molecule has 1 saturated heterocycles. The lowest BCUT2D eigenvalue weighted by atomic mass is 10.3. The van der Waals surface area contributed by atoms with Crippen LogP contribution in [-0.2, 0) is 6.54 Å². The summed E-state index contributed by atoms with van der Waals surface area (Å²) in [7, 11) is 0. The van der Waals surface area contributed by atoms with Crippen LogP contribution in [0.2, 0.25) is 0 Å². The average molecular weight is 380 g/mol. The van der Waals surface area contributed by atoms with Crippen LogP contribution in [0.5, 0.6) is 5.75 Å². The molecule has 0 bridgehead atoms. The van der Waals surface area contributed by atoms with E-state index in [0.717, 1.165) is 5.82 Å². The van der Waals surface area contributed by atoms with Gasteiger partial charge in [0.1, 0.15) is 12.0 Å². The number of alkyl halides is 1. The van der Waals surface area contributed by atoms with Crippen molar-refractivity contribution in [2.24, 2.45) is 0 Å². The summed E-state index contributed by atoms with van der Waals surface area (Å²) in [5.74, 6) is 0.647. The van der Waals surface area contributed by atoms with Gasteiger partial charge in [0.05, 0.1) is 36.2 Å². The minimum Gasteiger partial charge on any atom is -0.504 e. The second-order valence-electron chi connectivity index (χ2n) is 6.88. The normalized spacial score (nSPS) is 18.8. The van der Waals surface area contributed by atoms with Crippen molar-refractivity contribution in [3.8, 4) is 11.4 Å². The van der Waals surface area contributed by atoms with Crippen LogP contribution in [0.4, 0.5) is 16.0 Å². The molecule has 3 aromatic rings. The topological polar surface area (TPSA) is 87.4 Å². The number of fused-ring (bicyclic) bond motifs is 1. The highest BCUT2D eigenvalue weighted by molar-refractivity contribution is 6.09. The van der Waals surface area contributed by atoms with Gasteiger partial charge in [-0.3, -0.25) is 9.69 Å². The molecule has 5 heterocycles. The Morgan fingerprint density at radius 1 is 1.21 bits per heavy atom. The van der Waals surface area contributed by atoms with Crippen LogP contribution in [0.3, 0.4) is 0 Å². The number of anilines is 2. The van der Waals surface area contributed by atoms with Crippen LogP contribution in [-0.4, -0.2) is 50.0 Å². The lowest BCUT2D eigenvalue weighted by Crippen LogP contribution is -2.25. The SMILES string of the molecule is O=C1c2cn(-c3ccc(N4CC[C@H](F)C4)nc3)nc2CN1c1ncccc1O. The zero-order valence-electron chi connectivity index (χ0n) is 14.9. The highest BCUT2D eigenvalue weighted by Crippen LogP contribution is 2.32. The minimum atomic E-state index is -0.803. The van der Waals surface area contributed by atoms with E-state index in [0.29, 0.717) is 36.5 Å². The summed E-state index contributed by atoms with van der Waals surface area (Å²) < 4.78 is 15.0. The number of amides is 1. The van der Waals surface area contributed by atoms with Gasteiger partial charge in [-0.2, -0.15) is 5.10 Å². The lowest BCUT2D eigenvalue weighted by molar-refractivity contribution is 0.0995. The van der Waals surface area contributed by atoms with Crippen molar-refractivity contribution in [2.75, 3.05) is 22.9 Å². The van der Waals surface area contributed by atoms with E-state index in [-0.39, 0.29) is 24.0 Å². The summed E-state index contributed by atoms with van der Waals surface area (Å²) in [5.41, 5.74) is 1.79. The van der Waals surface area contributed by atoms with Crippen molar-refractivity contribution in [3.63, 3.8) is 0 Å². The van der Waals surface area contributed by atoms with Crippen LogP contribution < -0.4 is 9.80 Å². The van der Waals surface area contributed by atoms with Gasteiger partial charge in [-0.25, -0.2) is 19.0 Å². The Morgan fingerprint density at radius 2 is 2.11 bits per heavy atom. The Morgan fingerprint density at radius 3 is 2.79 bits per heavy atom. The van der Waals surface area contributed by atoms with Gasteiger partial charge in [0.2, 0.25) is 0 Å². The monoisotopic (exact) mass is 380 g/mol. The van der Waals surface area contributed by atoms with Gasteiger partial charge in [0.15, 0.2) is 11.6 Å². The summed E-state index contributed by atoms with van der Waals surface area (Å²) in [6, 6.07) is 6.78. The Hall–Kier alpha value is -3.49. The van der Waals surface area contributed by atoms with E-state index in [1.807, 2.05) is 17.0 Å². The van der Waals surface area contributed by atoms with E-state index < -0.39 is 6.17 Å². The first-order valence-electron chi connectivity index (χ1n) is 9.00. The number of hydrogen-bond donors (Lipinski definition) is 1. The zero-order valence-corrected chi connectivity index (χ0v) is 14.9. The first-order chi connectivity index (χ1) is 13.6. The third-order valence-corrected chi connectivity index (χ3v) is 5.05. The number of carbonyl (C=O) groups is 1. The number of nitrogens with zero attached hydrogens (tertiary/aromatic N) is 6. The fraction of sp³-hybridized carbons (Fsp3) is 0.263. The van der Waals surface area contributed by atoms with Gasteiger partial charge in [0, 0.05) is 18.9 Å². The molecule has 9 heteroatoms. The molecule has 0 saturated carbocycles. The van der Waals surface area contributed by atoms with Crippen molar-refractivity contribution in [1.82, 2.24) is 19.7 Å². The Balaban J connectivity index is 1.38. The van der Waals surface area contributed by atoms with Crippen LogP contribution in [0.1, 0.15) is 22.5 Å². The van der Waals surface area contributed by atoms with Gasteiger partial charge in [-0.1, -0.05) is 0 Å². The van der Waals surface area contributed by atoms with Crippen molar-refractivity contribution >= 4 is 17.5 Å². The maximum Gasteiger partial charge on any atom is 0.263 e. The van der Waals surface area contributed by atoms with Crippen LogP contribution in [0.25, 0.3) is 5.69 Å². The van der Waals surface area contributed by atoms with E-state index in [4.69, 9.17) is 0 Å². The number of rotatable bonds is 3. The molecule has 8 nitrogen and oxygen atoms in total. The smallest absolute Gasteiger partial charge is 0.263 e. The molecule has 142 valence electrons. The van der Waals surface area contributed by atoms with E-state index in [1.54, 1.807) is 23.1 Å². The second-order valence-corrected chi connectivity index (χ2v) is 6.88. The molecule has 1 N–H and O–H groups in total. The van der Waals surface area contributed by atoms with Crippen LogP contribution in [0, 0.1) is 0 Å². The van der Waals surface area contributed by atoms with Gasteiger partial charge in [0.25, 0.3) is 5.91 Å². The van der Waals surface area contributed by atoms with Crippen LogP contribution in [0.15, 0.2) is 42.9 Å². The van der Waals surface area contributed by atoms with Crippen molar-refractivity contribution in [1.29, 1.82) is 0 Å². The van der Waals surface area contributed by atoms with E-state index in [1.165, 1.54) is 17.2 Å². The van der Waals surface area contributed by atoms with Crippen molar-refractivity contribution < 1.29 is 14.3 Å². The molecule has 1 fully saturated rings. The molecular weight excluding hydrogens is 363 g/mol. The number of aromatic nitrogens is 4. The quantitative estimate of drug-likeness (QED) is 0.749. The van der Waals surface area contributed by atoms with Gasteiger partial charge in [-0.05, 0) is 30.7 Å². The van der Waals surface area contributed by atoms with E-state index in [2.05, 4.69) is 15.1 Å². The number of hydrogen-bond acceptors (Lipinski definition) is 6. The molecule has 5 rings (SSSR count). The molecule has 28 heavy (non-hydrogen) atoms. The molecule has 3 aromatic heterocycles. The van der Waals surface area contributed by atoms with Crippen molar-refractivity contribution in [3.05, 3.63) is 54.1 Å². The molecule has 1 atom stereocenters. The van der Waals surface area contributed by atoms with Gasteiger partial charge in [-0.15, -0.1) is 0 Å². The summed E-state index contributed by atoms with van der Waals surface area (Å²) in [5, 5.41) is 14.4. The van der Waals surface area contributed by atoms with E-state index >= 15 is 0 Å². The highest BCUT2D eigenvalue weighted by atomic mass is 19.1. The minimum absolute atomic E-state index is 0.0499. The maximum atomic E-state index is 13.4. The van der Waals surface area contributed by atoms with Crippen molar-refractivity contribution in [2.45, 2.75) is 19.1 Å². The lowest BCUT2D eigenvalue weighted by Gasteiger charge is -2.16. The number of carbonyl (C=O) groups excluding carboxylic acids is 1. The summed E-state index contributed by atoms with van der Waals surface area (Å²) in [4.78, 5) is 24.5. The number of aromatic hydroxyl groups is 1. The third kappa shape index (κ3) is 2.67. The zero-order chi connectivity index (χ0) is 19.3. The number of pyridine rings is 2. The van der Waals surface area contributed by atoms with Gasteiger partial charge < -0.3 is 10.0 Å². The summed E-state index contributed by atoms with van der Waals surface area (Å²) >= 11 is 0. The molecule has 2 aliphatic rings. The summed E-state index contributed by atoms with van der Waals surface area (Å²) in [6.45, 7) is 1.27. The predicted molar refractivity (Wildman–Crippen MR) is 99.5 cm³/mol.